The summed E-state index contributed by atoms with van der Waals surface area (Å²) in [5.74, 6) is -2.66. The number of H-pyrrole nitrogens is 1. The van der Waals surface area contributed by atoms with E-state index in [0.717, 1.165) is 26.8 Å². The number of ether oxygens (including phenoxy) is 3. The van der Waals surface area contributed by atoms with Gasteiger partial charge in [0, 0.05) is 26.6 Å². The zero-order chi connectivity index (χ0) is 31.6. The lowest BCUT2D eigenvalue weighted by molar-refractivity contribution is -0.145. The lowest BCUT2D eigenvalue weighted by Gasteiger charge is -2.43. The Morgan fingerprint density at radius 1 is 0.978 bits per heavy atom. The van der Waals surface area contributed by atoms with Gasteiger partial charge in [0.25, 0.3) is 0 Å². The van der Waals surface area contributed by atoms with Gasteiger partial charge in [-0.1, -0.05) is 22.9 Å². The second-order valence-corrected chi connectivity index (χ2v) is 14.2. The number of amides is 2. The van der Waals surface area contributed by atoms with Crippen LogP contribution in [0, 0.1) is 29.6 Å². The normalized spacial score (nSPS) is 27.6. The molecule has 2 aromatic carbocycles. The Hall–Kier alpha value is -3.61. The third-order valence-corrected chi connectivity index (χ3v) is 12.1. The fourth-order valence-corrected chi connectivity index (χ4v) is 10.9. The fourth-order valence-electron chi connectivity index (χ4n) is 7.81. The van der Waals surface area contributed by atoms with Crippen molar-refractivity contribution in [2.75, 3.05) is 24.7 Å². The number of nitrogens with zero attached hydrogens (tertiary/aromatic N) is 1. The predicted octanol–water partition coefficient (Wildman–Crippen LogP) is 4.89. The van der Waals surface area contributed by atoms with Gasteiger partial charge >= 0.3 is 16.8 Å². The van der Waals surface area contributed by atoms with Gasteiger partial charge in [-0.25, -0.2) is 9.59 Å². The number of thioether (sulfide) groups is 1. The number of anilines is 1. The van der Waals surface area contributed by atoms with E-state index in [9.17, 15) is 24.0 Å². The van der Waals surface area contributed by atoms with Gasteiger partial charge in [-0.15, -0.1) is 11.8 Å². The van der Waals surface area contributed by atoms with E-state index in [0.29, 0.717) is 28.4 Å². The Balaban J connectivity index is 1.25. The number of benzene rings is 2. The molecule has 7 rings (SSSR count). The van der Waals surface area contributed by atoms with E-state index >= 15 is 0 Å². The Morgan fingerprint density at radius 2 is 1.69 bits per heavy atom. The molecule has 1 N–H and O–H groups in total. The highest BCUT2D eigenvalue weighted by atomic mass is 35.5. The van der Waals surface area contributed by atoms with Crippen molar-refractivity contribution in [3.05, 3.63) is 73.2 Å². The minimum atomic E-state index is -0.517. The van der Waals surface area contributed by atoms with Gasteiger partial charge in [0.15, 0.2) is 6.61 Å². The minimum Gasteiger partial charge on any atom is -0.482 e. The summed E-state index contributed by atoms with van der Waals surface area (Å²) in [5.41, 5.74) is 1.49. The van der Waals surface area contributed by atoms with Crippen LogP contribution in [0.1, 0.15) is 47.0 Å². The molecule has 45 heavy (non-hydrogen) atoms. The van der Waals surface area contributed by atoms with Crippen LogP contribution in [0.5, 0.6) is 5.75 Å². The van der Waals surface area contributed by atoms with Crippen molar-refractivity contribution in [1.82, 2.24) is 4.98 Å². The van der Waals surface area contributed by atoms with Crippen molar-refractivity contribution in [2.24, 2.45) is 29.6 Å². The Kier molecular flexibility index (Phi) is 7.77. The number of hydrogen-bond donors (Lipinski definition) is 1. The van der Waals surface area contributed by atoms with E-state index in [2.05, 4.69) is 4.98 Å². The lowest BCUT2D eigenvalue weighted by Crippen LogP contribution is -2.42. The Bertz CT molecular complexity index is 1770. The van der Waals surface area contributed by atoms with E-state index in [1.165, 1.54) is 4.90 Å². The van der Waals surface area contributed by atoms with Crippen molar-refractivity contribution in [2.45, 2.75) is 36.5 Å². The van der Waals surface area contributed by atoms with Crippen LogP contribution < -0.4 is 14.5 Å². The number of aromatic amines is 1. The topological polar surface area (TPSA) is 132 Å². The summed E-state index contributed by atoms with van der Waals surface area (Å²) >= 11 is 9.22. The van der Waals surface area contributed by atoms with E-state index in [-0.39, 0.29) is 65.4 Å². The molecule has 0 radical (unpaired) electrons. The summed E-state index contributed by atoms with van der Waals surface area (Å²) in [5, 5.41) is 1.18. The number of aromatic nitrogens is 1. The quantitative estimate of drug-likeness (QED) is 0.263. The zero-order valence-corrected chi connectivity index (χ0v) is 26.7. The molecule has 2 aliphatic carbocycles. The number of nitrogens with one attached hydrogen (secondary N) is 1. The highest BCUT2D eigenvalue weighted by molar-refractivity contribution is 8.00. The van der Waals surface area contributed by atoms with Gasteiger partial charge in [0.2, 0.25) is 11.8 Å². The van der Waals surface area contributed by atoms with Crippen LogP contribution in [0.4, 0.5) is 5.69 Å². The minimum absolute atomic E-state index is 0.0428. The molecule has 1 aromatic heterocycles. The molecule has 0 unspecified atom stereocenters. The standard InChI is InChI=1S/C32H29ClN2O8S2/c1-3-41-21(36)13-43-20-10-7-15(33)11-17(20)22-23-18-12-19(26(23)44-28-27(22)45-32(40)34-28)25-24(18)29(37)35(30(25)38)16-8-5-14(6-9-16)31(39)42-4-2/h5-11,18-19,22-26H,3-4,12-13H2,1-2H3,(H,34,40)/t18-,19-,22+,23-,24+,25+,26-/m1/s1. The fraction of sp³-hybridized carbons (Fsp3) is 0.406. The van der Waals surface area contributed by atoms with Crippen molar-refractivity contribution in [3.63, 3.8) is 0 Å². The molecule has 10 nitrogen and oxygen atoms in total. The van der Waals surface area contributed by atoms with Crippen LogP contribution in [0.15, 0.2) is 52.3 Å². The molecule has 3 fully saturated rings. The van der Waals surface area contributed by atoms with E-state index in [4.69, 9.17) is 25.8 Å². The first kappa shape index (κ1) is 30.1. The van der Waals surface area contributed by atoms with E-state index in [1.54, 1.807) is 68.1 Å². The maximum atomic E-state index is 14.1. The van der Waals surface area contributed by atoms with E-state index in [1.807, 2.05) is 0 Å². The Morgan fingerprint density at radius 3 is 2.40 bits per heavy atom. The largest absolute Gasteiger partial charge is 0.482 e. The summed E-state index contributed by atoms with van der Waals surface area (Å²) in [6.45, 7) is 3.62. The van der Waals surface area contributed by atoms with Crippen molar-refractivity contribution in [1.29, 1.82) is 0 Å². The third-order valence-electron chi connectivity index (χ3n) is 9.32. The molecular weight excluding hydrogens is 640 g/mol. The predicted molar refractivity (Wildman–Crippen MR) is 167 cm³/mol. The second-order valence-electron chi connectivity index (χ2n) is 11.5. The molecule has 2 saturated carbocycles. The number of thiazole rings is 1. The molecule has 3 aromatic rings. The second kappa shape index (κ2) is 11.6. The van der Waals surface area contributed by atoms with Crippen molar-refractivity contribution < 1.29 is 33.4 Å². The van der Waals surface area contributed by atoms with Gasteiger partial charge in [0.05, 0.1) is 41.3 Å². The number of rotatable bonds is 8. The van der Waals surface area contributed by atoms with E-state index < -0.39 is 23.8 Å². The maximum Gasteiger partial charge on any atom is 0.344 e. The maximum absolute atomic E-state index is 14.1. The number of carbonyl (C=O) groups excluding carboxylic acids is 4. The van der Waals surface area contributed by atoms with Crippen LogP contribution in [0.25, 0.3) is 0 Å². The van der Waals surface area contributed by atoms with Crippen LogP contribution in [-0.4, -0.2) is 53.8 Å². The molecule has 1 saturated heterocycles. The Labute approximate surface area is 271 Å². The summed E-state index contributed by atoms with van der Waals surface area (Å²) < 4.78 is 16.1. The number of imide groups is 1. The molecule has 13 heteroatoms. The molecular formula is C32H29ClN2O8S2. The van der Waals surface area contributed by atoms with Crippen LogP contribution >= 0.6 is 34.7 Å². The third kappa shape index (κ3) is 4.88. The number of hydrogen-bond acceptors (Lipinski definition) is 10. The van der Waals surface area contributed by atoms with Crippen LogP contribution in [0.2, 0.25) is 5.02 Å². The van der Waals surface area contributed by atoms with Gasteiger partial charge in [-0.05, 0) is 80.5 Å². The average molecular weight is 669 g/mol. The number of halogens is 1. The van der Waals surface area contributed by atoms with Crippen molar-refractivity contribution in [3.8, 4) is 5.75 Å². The molecule has 2 aliphatic heterocycles. The molecule has 3 heterocycles. The molecule has 0 spiro atoms. The van der Waals surface area contributed by atoms with Gasteiger partial charge in [-0.2, -0.15) is 0 Å². The smallest absolute Gasteiger partial charge is 0.344 e. The first-order valence-corrected chi connectivity index (χ1v) is 16.9. The average Bonchev–Trinajstić information content (AvgIpc) is 3.75. The van der Waals surface area contributed by atoms with Crippen LogP contribution in [0.3, 0.4) is 0 Å². The summed E-state index contributed by atoms with van der Waals surface area (Å²) in [6, 6.07) is 11.5. The molecule has 2 bridgehead atoms. The SMILES string of the molecule is CCOC(=O)COc1ccc(Cl)cc1[C@@H]1c2sc(=O)[nH]c2S[C@@H]2[C@@H]3C[C@@H]([C@@H]4C(=O)N(c5ccc(C(=O)OCC)cc5)C(=O)[C@@H]34)[C@H]12. The summed E-state index contributed by atoms with van der Waals surface area (Å²) in [4.78, 5) is 69.9. The van der Waals surface area contributed by atoms with Gasteiger partial charge in [0.1, 0.15) is 5.75 Å². The summed E-state index contributed by atoms with van der Waals surface area (Å²) in [7, 11) is 0. The van der Waals surface area contributed by atoms with Crippen LogP contribution in [-0.2, 0) is 23.9 Å². The molecule has 234 valence electrons. The monoisotopic (exact) mass is 668 g/mol. The number of fused-ring (bicyclic) bond motifs is 9. The first-order chi connectivity index (χ1) is 21.7. The molecule has 7 atom stereocenters. The zero-order valence-electron chi connectivity index (χ0n) is 24.3. The number of esters is 2. The van der Waals surface area contributed by atoms with Gasteiger partial charge in [-0.3, -0.25) is 19.3 Å². The highest BCUT2D eigenvalue weighted by Crippen LogP contribution is 2.69. The molecule has 4 aliphatic rings. The summed E-state index contributed by atoms with van der Waals surface area (Å²) in [6.07, 6.45) is 0.708. The lowest BCUT2D eigenvalue weighted by atomic mass is 9.68. The highest BCUT2D eigenvalue weighted by Gasteiger charge is 2.69. The first-order valence-electron chi connectivity index (χ1n) is 14.8. The molecule has 2 amide bonds. The number of carbonyl (C=O) groups is 4. The van der Waals surface area contributed by atoms with Gasteiger partial charge < -0.3 is 19.2 Å². The van der Waals surface area contributed by atoms with Crippen molar-refractivity contribution >= 4 is 64.1 Å².